The quantitative estimate of drug-likeness (QED) is 0.839. The molecule has 0 unspecified atom stereocenters. The Bertz CT molecular complexity index is 599. The Labute approximate surface area is 117 Å². The lowest BCUT2D eigenvalue weighted by atomic mass is 10.1. The molecule has 0 amide bonds. The van der Waals surface area contributed by atoms with E-state index in [9.17, 15) is 4.79 Å². The van der Waals surface area contributed by atoms with Gasteiger partial charge in [0.15, 0.2) is 5.78 Å². The summed E-state index contributed by atoms with van der Waals surface area (Å²) >= 11 is 5.94. The predicted molar refractivity (Wildman–Crippen MR) is 77.9 cm³/mol. The summed E-state index contributed by atoms with van der Waals surface area (Å²) in [6, 6.07) is 6.08. The van der Waals surface area contributed by atoms with Crippen molar-refractivity contribution in [3.8, 4) is 0 Å². The van der Waals surface area contributed by atoms with E-state index in [0.29, 0.717) is 17.6 Å². The van der Waals surface area contributed by atoms with Gasteiger partial charge < -0.3 is 10.3 Å². The van der Waals surface area contributed by atoms with Crippen molar-refractivity contribution in [1.29, 1.82) is 0 Å². The smallest absolute Gasteiger partial charge is 0.178 e. The van der Waals surface area contributed by atoms with Crippen LogP contribution in [-0.4, -0.2) is 23.4 Å². The molecule has 1 heterocycles. The number of benzene rings is 1. The molecule has 1 fully saturated rings. The number of Topliss-reactive ketones (excluding diaryl/α,β-unsaturated/α-hetero) is 1. The number of rotatable bonds is 4. The Hall–Kier alpha value is -1.32. The fourth-order valence-electron chi connectivity index (χ4n) is 2.79. The average molecular weight is 277 g/mol. The minimum Gasteiger partial charge on any atom is -0.360 e. The fraction of sp³-hybridized carbons (Fsp3) is 0.400. The lowest BCUT2D eigenvalue weighted by Crippen LogP contribution is -2.31. The molecule has 3 nitrogen and oxygen atoms in total. The van der Waals surface area contributed by atoms with Crippen molar-refractivity contribution < 1.29 is 4.79 Å². The van der Waals surface area contributed by atoms with E-state index in [2.05, 4.69) is 10.3 Å². The molecule has 19 heavy (non-hydrogen) atoms. The largest absolute Gasteiger partial charge is 0.360 e. The van der Waals surface area contributed by atoms with Crippen molar-refractivity contribution in [2.24, 2.45) is 0 Å². The number of H-pyrrole nitrogens is 1. The van der Waals surface area contributed by atoms with Gasteiger partial charge in [0.05, 0.1) is 6.54 Å². The molecule has 0 saturated heterocycles. The first-order chi connectivity index (χ1) is 9.24. The van der Waals surface area contributed by atoms with Gasteiger partial charge in [-0.3, -0.25) is 4.79 Å². The summed E-state index contributed by atoms with van der Waals surface area (Å²) in [5, 5.41) is 4.98. The predicted octanol–water partition coefficient (Wildman–Crippen LogP) is 3.54. The Morgan fingerprint density at radius 1 is 1.37 bits per heavy atom. The van der Waals surface area contributed by atoms with Crippen molar-refractivity contribution in [1.82, 2.24) is 10.3 Å². The SMILES string of the molecule is O=C(CNC1CCCC1)c1c[nH]c2cc(Cl)ccc12. The molecule has 1 aromatic heterocycles. The van der Waals surface area contributed by atoms with Gasteiger partial charge in [0.2, 0.25) is 0 Å². The highest BCUT2D eigenvalue weighted by atomic mass is 35.5. The summed E-state index contributed by atoms with van der Waals surface area (Å²) in [6.45, 7) is 0.417. The Kier molecular flexibility index (Phi) is 3.58. The molecule has 1 aliphatic rings. The molecule has 0 aliphatic heterocycles. The van der Waals surface area contributed by atoms with E-state index in [-0.39, 0.29) is 5.78 Å². The van der Waals surface area contributed by atoms with E-state index in [0.717, 1.165) is 16.5 Å². The third kappa shape index (κ3) is 2.67. The summed E-state index contributed by atoms with van der Waals surface area (Å²) < 4.78 is 0. The van der Waals surface area contributed by atoms with Crippen LogP contribution in [0.1, 0.15) is 36.0 Å². The molecule has 0 bridgehead atoms. The lowest BCUT2D eigenvalue weighted by Gasteiger charge is -2.10. The van der Waals surface area contributed by atoms with E-state index >= 15 is 0 Å². The van der Waals surface area contributed by atoms with Crippen LogP contribution in [-0.2, 0) is 0 Å². The first-order valence-electron chi connectivity index (χ1n) is 6.77. The maximum atomic E-state index is 12.2. The van der Waals surface area contributed by atoms with E-state index in [1.54, 1.807) is 6.20 Å². The third-order valence-electron chi connectivity index (χ3n) is 3.85. The van der Waals surface area contributed by atoms with E-state index in [4.69, 9.17) is 11.6 Å². The van der Waals surface area contributed by atoms with Crippen LogP contribution in [0, 0.1) is 0 Å². The van der Waals surface area contributed by atoms with Crippen LogP contribution in [0.15, 0.2) is 24.4 Å². The van der Waals surface area contributed by atoms with Crippen LogP contribution in [0.2, 0.25) is 5.02 Å². The average Bonchev–Trinajstić information content (AvgIpc) is 3.04. The number of aromatic amines is 1. The standard InChI is InChI=1S/C15H17ClN2O/c16-10-5-6-12-13(8-18-14(12)7-10)15(19)9-17-11-3-1-2-4-11/h5-8,11,17-18H,1-4,9H2. The summed E-state index contributed by atoms with van der Waals surface area (Å²) in [5.41, 5.74) is 1.66. The van der Waals surface area contributed by atoms with Crippen molar-refractivity contribution in [3.05, 3.63) is 35.0 Å². The summed E-state index contributed by atoms with van der Waals surface area (Å²) in [4.78, 5) is 15.4. The number of ketones is 1. The van der Waals surface area contributed by atoms with Gasteiger partial charge in [0.25, 0.3) is 0 Å². The Morgan fingerprint density at radius 3 is 2.95 bits per heavy atom. The van der Waals surface area contributed by atoms with Crippen molar-refractivity contribution in [3.63, 3.8) is 0 Å². The molecule has 1 aliphatic carbocycles. The van der Waals surface area contributed by atoms with Crippen molar-refractivity contribution in [2.45, 2.75) is 31.7 Å². The molecule has 2 N–H and O–H groups in total. The van der Waals surface area contributed by atoms with Crippen LogP contribution >= 0.6 is 11.6 Å². The van der Waals surface area contributed by atoms with Gasteiger partial charge in [-0.15, -0.1) is 0 Å². The highest BCUT2D eigenvalue weighted by Crippen LogP contribution is 2.22. The molecule has 0 atom stereocenters. The van der Waals surface area contributed by atoms with E-state index < -0.39 is 0 Å². The highest BCUT2D eigenvalue weighted by Gasteiger charge is 2.17. The normalized spacial score (nSPS) is 16.3. The van der Waals surface area contributed by atoms with Crippen LogP contribution in [0.4, 0.5) is 0 Å². The van der Waals surface area contributed by atoms with Gasteiger partial charge in [-0.25, -0.2) is 0 Å². The second kappa shape index (κ2) is 5.35. The van der Waals surface area contributed by atoms with Gasteiger partial charge in [-0.2, -0.15) is 0 Å². The molecule has 1 aromatic carbocycles. The van der Waals surface area contributed by atoms with Crippen molar-refractivity contribution >= 4 is 28.3 Å². The minimum absolute atomic E-state index is 0.139. The van der Waals surface area contributed by atoms with Crippen LogP contribution < -0.4 is 5.32 Å². The number of nitrogens with one attached hydrogen (secondary N) is 2. The fourth-order valence-corrected chi connectivity index (χ4v) is 2.96. The first-order valence-corrected chi connectivity index (χ1v) is 7.15. The number of aromatic nitrogens is 1. The van der Waals surface area contributed by atoms with Gasteiger partial charge in [0.1, 0.15) is 0 Å². The Morgan fingerprint density at radius 2 is 2.16 bits per heavy atom. The first kappa shape index (κ1) is 12.7. The number of carbonyl (C=O) groups excluding carboxylic acids is 1. The second-order valence-electron chi connectivity index (χ2n) is 5.18. The van der Waals surface area contributed by atoms with Gasteiger partial charge in [-0.05, 0) is 25.0 Å². The zero-order valence-electron chi connectivity index (χ0n) is 10.7. The lowest BCUT2D eigenvalue weighted by molar-refractivity contribution is 0.0989. The number of hydrogen-bond acceptors (Lipinski definition) is 2. The molecule has 0 spiro atoms. The number of carbonyl (C=O) groups is 1. The summed E-state index contributed by atoms with van der Waals surface area (Å²) in [7, 11) is 0. The molecule has 4 heteroatoms. The number of halogens is 1. The van der Waals surface area contributed by atoms with Crippen LogP contribution in [0.25, 0.3) is 10.9 Å². The molecule has 0 radical (unpaired) electrons. The minimum atomic E-state index is 0.139. The van der Waals surface area contributed by atoms with E-state index in [1.807, 2.05) is 18.2 Å². The number of fused-ring (bicyclic) bond motifs is 1. The maximum Gasteiger partial charge on any atom is 0.178 e. The highest BCUT2D eigenvalue weighted by molar-refractivity contribution is 6.31. The van der Waals surface area contributed by atoms with E-state index in [1.165, 1.54) is 25.7 Å². The van der Waals surface area contributed by atoms with Gasteiger partial charge in [-0.1, -0.05) is 30.5 Å². The van der Waals surface area contributed by atoms with Gasteiger partial charge >= 0.3 is 0 Å². The Balaban J connectivity index is 1.74. The number of hydrogen-bond donors (Lipinski definition) is 2. The van der Waals surface area contributed by atoms with Crippen LogP contribution in [0.3, 0.4) is 0 Å². The molecule has 2 aromatic rings. The molecular formula is C15H17ClN2O. The monoisotopic (exact) mass is 276 g/mol. The third-order valence-corrected chi connectivity index (χ3v) is 4.09. The van der Waals surface area contributed by atoms with Crippen LogP contribution in [0.5, 0.6) is 0 Å². The topological polar surface area (TPSA) is 44.9 Å². The van der Waals surface area contributed by atoms with Gasteiger partial charge in [0, 0.05) is 33.7 Å². The molecular weight excluding hydrogens is 260 g/mol. The maximum absolute atomic E-state index is 12.2. The summed E-state index contributed by atoms with van der Waals surface area (Å²) in [6.07, 6.45) is 6.71. The summed E-state index contributed by atoms with van der Waals surface area (Å²) in [5.74, 6) is 0.139. The molecule has 100 valence electrons. The second-order valence-corrected chi connectivity index (χ2v) is 5.61. The molecule has 3 rings (SSSR count). The zero-order valence-corrected chi connectivity index (χ0v) is 11.5. The van der Waals surface area contributed by atoms with Crippen molar-refractivity contribution in [2.75, 3.05) is 6.54 Å². The molecule has 1 saturated carbocycles. The zero-order chi connectivity index (χ0) is 13.2.